The minimum atomic E-state index is -3.85. The zero-order chi connectivity index (χ0) is 23.8. The highest BCUT2D eigenvalue weighted by molar-refractivity contribution is 7.85. The predicted octanol–water partition coefficient (Wildman–Crippen LogP) is 2.55. The van der Waals surface area contributed by atoms with E-state index in [0.717, 1.165) is 22.4 Å². The molecule has 33 heavy (non-hydrogen) atoms. The first-order chi connectivity index (χ1) is 15.7. The molecule has 0 aliphatic carbocycles. The summed E-state index contributed by atoms with van der Waals surface area (Å²) in [6.07, 6.45) is 0.264. The van der Waals surface area contributed by atoms with Crippen molar-refractivity contribution in [1.29, 1.82) is 0 Å². The summed E-state index contributed by atoms with van der Waals surface area (Å²) in [5.74, 6) is -0.193. The third-order valence-corrected chi connectivity index (χ3v) is 6.28. The Bertz CT molecular complexity index is 1350. The lowest BCUT2D eigenvalue weighted by Crippen LogP contribution is -2.24. The Kier molecular flexibility index (Phi) is 5.79. The van der Waals surface area contributed by atoms with E-state index >= 15 is 0 Å². The first-order valence-electron chi connectivity index (χ1n) is 10.0. The summed E-state index contributed by atoms with van der Waals surface area (Å²) in [6, 6.07) is 16.8. The van der Waals surface area contributed by atoms with Gasteiger partial charge in [0.15, 0.2) is 0 Å². The van der Waals surface area contributed by atoms with Gasteiger partial charge in [-0.1, -0.05) is 18.2 Å². The van der Waals surface area contributed by atoms with Crippen molar-refractivity contribution in [2.75, 3.05) is 30.0 Å². The Labute approximate surface area is 191 Å². The highest BCUT2D eigenvalue weighted by Crippen LogP contribution is 2.31. The molecule has 0 saturated heterocycles. The maximum absolute atomic E-state index is 12.8. The van der Waals surface area contributed by atoms with E-state index in [1.54, 1.807) is 60.5 Å². The topological polar surface area (TPSA) is 131 Å². The minimum Gasteiger partial charge on any atom is -0.397 e. The molecule has 170 valence electrons. The summed E-state index contributed by atoms with van der Waals surface area (Å²) < 4.78 is 30.0. The van der Waals surface area contributed by atoms with Gasteiger partial charge in [-0.25, -0.2) is 0 Å². The van der Waals surface area contributed by atoms with Crippen LogP contribution in [-0.4, -0.2) is 34.3 Å². The van der Waals surface area contributed by atoms with Crippen LogP contribution >= 0.6 is 0 Å². The standard InChI is InChI=1S/C23H22N4O5S/c1-25-33(30,31)32-18-7-3-14(4-8-18)15-5-9-19(24)20(12-15)26-23(29)16-6-10-21-17(11-16)13-22(28)27(21)2/h3-12,25H,13,24H2,1-2H3,(H,26,29). The van der Waals surface area contributed by atoms with Crippen LogP contribution in [0.2, 0.25) is 0 Å². The second-order valence-corrected chi connectivity index (χ2v) is 8.98. The predicted molar refractivity (Wildman–Crippen MR) is 126 cm³/mol. The average Bonchev–Trinajstić information content (AvgIpc) is 3.08. The van der Waals surface area contributed by atoms with Gasteiger partial charge in [-0.05, 0) is 59.2 Å². The van der Waals surface area contributed by atoms with Crippen LogP contribution in [0.1, 0.15) is 15.9 Å². The molecular weight excluding hydrogens is 444 g/mol. The number of rotatable bonds is 6. The summed E-state index contributed by atoms with van der Waals surface area (Å²) in [5.41, 5.74) is 10.5. The van der Waals surface area contributed by atoms with Gasteiger partial charge in [0.1, 0.15) is 5.75 Å². The number of carbonyl (C=O) groups is 2. The van der Waals surface area contributed by atoms with Gasteiger partial charge in [0, 0.05) is 25.3 Å². The molecule has 0 radical (unpaired) electrons. The van der Waals surface area contributed by atoms with Crippen molar-refractivity contribution in [2.45, 2.75) is 6.42 Å². The number of likely N-dealkylation sites (N-methyl/N-ethyl adjacent to an activating group) is 1. The second kappa shape index (κ2) is 8.57. The number of hydrogen-bond donors (Lipinski definition) is 3. The fraction of sp³-hybridized carbons (Fsp3) is 0.130. The minimum absolute atomic E-state index is 0.0144. The number of nitrogens with two attached hydrogens (primary N) is 1. The van der Waals surface area contributed by atoms with E-state index in [2.05, 4.69) is 10.0 Å². The molecule has 1 aliphatic heterocycles. The molecule has 10 heteroatoms. The molecule has 0 fully saturated rings. The molecule has 0 bridgehead atoms. The zero-order valence-electron chi connectivity index (χ0n) is 18.0. The summed E-state index contributed by atoms with van der Waals surface area (Å²) in [7, 11) is -0.882. The quantitative estimate of drug-likeness (QED) is 0.479. The van der Waals surface area contributed by atoms with E-state index in [4.69, 9.17) is 9.92 Å². The lowest BCUT2D eigenvalue weighted by Gasteiger charge is -2.13. The zero-order valence-corrected chi connectivity index (χ0v) is 18.8. The first-order valence-corrected chi connectivity index (χ1v) is 11.4. The first kappa shape index (κ1) is 22.3. The number of nitrogens with one attached hydrogen (secondary N) is 2. The molecule has 4 N–H and O–H groups in total. The molecule has 1 aliphatic rings. The van der Waals surface area contributed by atoms with Gasteiger partial charge in [-0.3, -0.25) is 9.59 Å². The average molecular weight is 467 g/mol. The lowest BCUT2D eigenvalue weighted by molar-refractivity contribution is -0.117. The van der Waals surface area contributed by atoms with E-state index in [9.17, 15) is 18.0 Å². The maximum Gasteiger partial charge on any atom is 0.382 e. The van der Waals surface area contributed by atoms with Crippen LogP contribution in [0.3, 0.4) is 0 Å². The number of amides is 2. The molecule has 0 spiro atoms. The summed E-state index contributed by atoms with van der Waals surface area (Å²) in [6.45, 7) is 0. The van der Waals surface area contributed by atoms with E-state index in [-0.39, 0.29) is 24.0 Å². The van der Waals surface area contributed by atoms with Gasteiger partial charge in [0.2, 0.25) is 5.91 Å². The second-order valence-electron chi connectivity index (χ2n) is 7.50. The Morgan fingerprint density at radius 2 is 1.73 bits per heavy atom. The molecule has 0 unspecified atom stereocenters. The van der Waals surface area contributed by atoms with Crippen LogP contribution in [0.4, 0.5) is 17.1 Å². The van der Waals surface area contributed by atoms with Crippen molar-refractivity contribution in [1.82, 2.24) is 4.72 Å². The lowest BCUT2D eigenvalue weighted by atomic mass is 10.0. The number of benzene rings is 3. The SMILES string of the molecule is CNS(=O)(=O)Oc1ccc(-c2ccc(N)c(NC(=O)c3ccc4c(c3)CC(=O)N4C)c2)cc1. The van der Waals surface area contributed by atoms with Crippen molar-refractivity contribution < 1.29 is 22.2 Å². The molecule has 0 saturated carbocycles. The molecule has 9 nitrogen and oxygen atoms in total. The van der Waals surface area contributed by atoms with Gasteiger partial charge in [-0.15, -0.1) is 0 Å². The highest BCUT2D eigenvalue weighted by atomic mass is 32.2. The molecule has 3 aromatic rings. The smallest absolute Gasteiger partial charge is 0.382 e. The van der Waals surface area contributed by atoms with Crippen molar-refractivity contribution in [3.05, 3.63) is 71.8 Å². The monoisotopic (exact) mass is 466 g/mol. The van der Waals surface area contributed by atoms with Gasteiger partial charge >= 0.3 is 10.3 Å². The van der Waals surface area contributed by atoms with Crippen LogP contribution in [0, 0.1) is 0 Å². The number of nitrogen functional groups attached to an aromatic ring is 1. The van der Waals surface area contributed by atoms with Crippen LogP contribution in [-0.2, 0) is 21.5 Å². The normalized spacial score (nSPS) is 13.0. The molecule has 0 aromatic heterocycles. The van der Waals surface area contributed by atoms with Crippen molar-refractivity contribution in [3.63, 3.8) is 0 Å². The highest BCUT2D eigenvalue weighted by Gasteiger charge is 2.25. The molecule has 2 amide bonds. The van der Waals surface area contributed by atoms with E-state index in [1.165, 1.54) is 19.2 Å². The van der Waals surface area contributed by atoms with Gasteiger partial charge in [0.25, 0.3) is 5.91 Å². The number of hydrogen-bond acceptors (Lipinski definition) is 6. The molecule has 1 heterocycles. The Morgan fingerprint density at radius 1 is 1.03 bits per heavy atom. The summed E-state index contributed by atoms with van der Waals surface area (Å²) >= 11 is 0. The fourth-order valence-corrected chi connectivity index (χ4v) is 3.97. The Hall–Kier alpha value is -3.89. The van der Waals surface area contributed by atoms with Crippen LogP contribution in [0.25, 0.3) is 11.1 Å². The summed E-state index contributed by atoms with van der Waals surface area (Å²) in [4.78, 5) is 26.3. The molecular formula is C23H22N4O5S. The van der Waals surface area contributed by atoms with E-state index in [0.29, 0.717) is 16.9 Å². The largest absolute Gasteiger partial charge is 0.397 e. The van der Waals surface area contributed by atoms with Crippen LogP contribution in [0.15, 0.2) is 60.7 Å². The van der Waals surface area contributed by atoms with Crippen LogP contribution < -0.4 is 24.9 Å². The van der Waals surface area contributed by atoms with E-state index in [1.807, 2.05) is 0 Å². The van der Waals surface area contributed by atoms with Gasteiger partial charge in [-0.2, -0.15) is 13.1 Å². The molecule has 3 aromatic carbocycles. The summed E-state index contributed by atoms with van der Waals surface area (Å²) in [5, 5.41) is 2.83. The Morgan fingerprint density at radius 3 is 2.42 bits per heavy atom. The Balaban J connectivity index is 1.54. The third kappa shape index (κ3) is 4.66. The maximum atomic E-state index is 12.8. The fourth-order valence-electron chi connectivity index (χ4n) is 3.52. The van der Waals surface area contributed by atoms with Gasteiger partial charge < -0.3 is 20.1 Å². The van der Waals surface area contributed by atoms with Gasteiger partial charge in [0.05, 0.1) is 17.8 Å². The van der Waals surface area contributed by atoms with E-state index < -0.39 is 10.3 Å². The number of anilines is 3. The number of carbonyl (C=O) groups excluding carboxylic acids is 2. The van der Waals surface area contributed by atoms with Crippen LogP contribution in [0.5, 0.6) is 5.75 Å². The van der Waals surface area contributed by atoms with Crippen molar-refractivity contribution >= 4 is 39.2 Å². The third-order valence-electron chi connectivity index (χ3n) is 5.36. The molecule has 4 rings (SSSR count). The number of fused-ring (bicyclic) bond motifs is 1. The van der Waals surface area contributed by atoms with Crippen molar-refractivity contribution in [3.8, 4) is 16.9 Å². The molecule has 0 atom stereocenters. The number of nitrogens with zero attached hydrogens (tertiary/aromatic N) is 1. The van der Waals surface area contributed by atoms with Crippen molar-refractivity contribution in [2.24, 2.45) is 0 Å².